The maximum absolute atomic E-state index is 11.2. The summed E-state index contributed by atoms with van der Waals surface area (Å²) in [5.41, 5.74) is 10.5. The molecule has 2 heterocycles. The van der Waals surface area contributed by atoms with Crippen molar-refractivity contribution in [3.8, 4) is 22.4 Å². The van der Waals surface area contributed by atoms with Crippen LogP contribution in [0, 0.1) is 6.92 Å². The van der Waals surface area contributed by atoms with Crippen molar-refractivity contribution < 1.29 is 0 Å². The summed E-state index contributed by atoms with van der Waals surface area (Å²) in [6.07, 6.45) is 1.65. The van der Waals surface area contributed by atoms with Gasteiger partial charge in [-0.2, -0.15) is 5.10 Å². The molecule has 0 spiro atoms. The van der Waals surface area contributed by atoms with Crippen molar-refractivity contribution in [2.45, 2.75) is 6.92 Å². The van der Waals surface area contributed by atoms with E-state index >= 15 is 0 Å². The van der Waals surface area contributed by atoms with E-state index in [2.05, 4.69) is 15.2 Å². The summed E-state index contributed by atoms with van der Waals surface area (Å²) in [6.45, 7) is 2.03. The molecular formula is C15H14N4O. The zero-order chi connectivity index (χ0) is 14.1. The number of aromatic amines is 2. The molecule has 0 atom stereocenters. The van der Waals surface area contributed by atoms with Gasteiger partial charge in [0.1, 0.15) is 0 Å². The quantitative estimate of drug-likeness (QED) is 0.665. The number of nitrogens with two attached hydrogens (primary N) is 1. The molecule has 3 rings (SSSR count). The molecule has 2 aromatic heterocycles. The molecule has 100 valence electrons. The lowest BCUT2D eigenvalue weighted by molar-refractivity contribution is 1.10. The predicted molar refractivity (Wildman–Crippen MR) is 79.2 cm³/mol. The Bertz CT molecular complexity index is 796. The highest BCUT2D eigenvalue weighted by atomic mass is 16.1. The first kappa shape index (κ1) is 12.2. The van der Waals surface area contributed by atoms with Gasteiger partial charge in [0, 0.05) is 17.8 Å². The fourth-order valence-corrected chi connectivity index (χ4v) is 2.26. The first-order chi connectivity index (χ1) is 9.66. The molecule has 5 nitrogen and oxygen atoms in total. The standard InChI is InChI=1S/C15H14N4O/c1-9-4-2-3-5-11(9)13-14(18-19-15(13)16)10-6-7-12(20)17-8-10/h2-8H,1H3,(H,17,20)(H3,16,18,19). The third kappa shape index (κ3) is 1.99. The van der Waals surface area contributed by atoms with Crippen LogP contribution in [0.25, 0.3) is 22.4 Å². The van der Waals surface area contributed by atoms with E-state index in [1.54, 1.807) is 12.3 Å². The lowest BCUT2D eigenvalue weighted by atomic mass is 9.98. The van der Waals surface area contributed by atoms with Gasteiger partial charge in [-0.1, -0.05) is 24.3 Å². The molecule has 0 radical (unpaired) electrons. The van der Waals surface area contributed by atoms with E-state index in [9.17, 15) is 4.79 Å². The van der Waals surface area contributed by atoms with Crippen molar-refractivity contribution in [2.24, 2.45) is 0 Å². The van der Waals surface area contributed by atoms with Crippen LogP contribution in [0.3, 0.4) is 0 Å². The zero-order valence-electron chi connectivity index (χ0n) is 11.0. The molecule has 20 heavy (non-hydrogen) atoms. The molecular weight excluding hydrogens is 252 g/mol. The molecule has 4 N–H and O–H groups in total. The van der Waals surface area contributed by atoms with E-state index in [0.29, 0.717) is 5.82 Å². The molecule has 0 aliphatic rings. The van der Waals surface area contributed by atoms with Crippen molar-refractivity contribution in [2.75, 3.05) is 5.73 Å². The van der Waals surface area contributed by atoms with E-state index < -0.39 is 0 Å². The van der Waals surface area contributed by atoms with Crippen molar-refractivity contribution >= 4 is 5.82 Å². The van der Waals surface area contributed by atoms with Crippen LogP contribution < -0.4 is 11.3 Å². The third-order valence-corrected chi connectivity index (χ3v) is 3.28. The molecule has 0 bridgehead atoms. The highest BCUT2D eigenvalue weighted by Crippen LogP contribution is 2.35. The average Bonchev–Trinajstić information content (AvgIpc) is 2.82. The fourth-order valence-electron chi connectivity index (χ4n) is 2.26. The molecule has 5 heteroatoms. The number of hydrogen-bond donors (Lipinski definition) is 3. The molecule has 3 aromatic rings. The van der Waals surface area contributed by atoms with Crippen LogP contribution in [0.4, 0.5) is 5.82 Å². The number of aryl methyl sites for hydroxylation is 1. The van der Waals surface area contributed by atoms with Crippen molar-refractivity contribution in [1.82, 2.24) is 15.2 Å². The second-order valence-corrected chi connectivity index (χ2v) is 4.62. The van der Waals surface area contributed by atoms with Crippen LogP contribution in [-0.2, 0) is 0 Å². The minimum absolute atomic E-state index is 0.140. The normalized spacial score (nSPS) is 10.7. The van der Waals surface area contributed by atoms with Gasteiger partial charge in [0.2, 0.25) is 5.56 Å². The molecule has 0 fully saturated rings. The molecule has 0 aliphatic carbocycles. The monoisotopic (exact) mass is 266 g/mol. The number of benzene rings is 1. The van der Waals surface area contributed by atoms with Crippen molar-refractivity contribution in [3.05, 3.63) is 58.5 Å². The Morgan fingerprint density at radius 2 is 1.95 bits per heavy atom. The number of anilines is 1. The Morgan fingerprint density at radius 3 is 2.65 bits per heavy atom. The Kier molecular flexibility index (Phi) is 2.87. The highest BCUT2D eigenvalue weighted by molar-refractivity contribution is 5.88. The number of aromatic nitrogens is 3. The minimum Gasteiger partial charge on any atom is -0.382 e. The summed E-state index contributed by atoms with van der Waals surface area (Å²) in [7, 11) is 0. The highest BCUT2D eigenvalue weighted by Gasteiger charge is 2.16. The largest absolute Gasteiger partial charge is 0.382 e. The summed E-state index contributed by atoms with van der Waals surface area (Å²) in [6, 6.07) is 11.2. The van der Waals surface area contributed by atoms with Gasteiger partial charge < -0.3 is 10.7 Å². The van der Waals surface area contributed by atoms with E-state index in [1.165, 1.54) is 6.07 Å². The molecule has 0 amide bonds. The molecule has 0 saturated carbocycles. The van der Waals surface area contributed by atoms with Crippen LogP contribution in [0.5, 0.6) is 0 Å². The molecule has 1 aromatic carbocycles. The van der Waals surface area contributed by atoms with Gasteiger partial charge in [0.05, 0.1) is 11.3 Å². The van der Waals surface area contributed by atoms with Gasteiger partial charge in [-0.15, -0.1) is 0 Å². The summed E-state index contributed by atoms with van der Waals surface area (Å²) in [5.74, 6) is 0.445. The van der Waals surface area contributed by atoms with Gasteiger partial charge in [-0.3, -0.25) is 9.89 Å². The maximum Gasteiger partial charge on any atom is 0.247 e. The van der Waals surface area contributed by atoms with Crippen LogP contribution >= 0.6 is 0 Å². The van der Waals surface area contributed by atoms with Gasteiger partial charge in [0.25, 0.3) is 0 Å². The van der Waals surface area contributed by atoms with Gasteiger partial charge >= 0.3 is 0 Å². The smallest absolute Gasteiger partial charge is 0.247 e. The van der Waals surface area contributed by atoms with Crippen LogP contribution in [0.2, 0.25) is 0 Å². The Hall–Kier alpha value is -2.82. The summed E-state index contributed by atoms with van der Waals surface area (Å²) in [4.78, 5) is 13.8. The Labute approximate surface area is 115 Å². The summed E-state index contributed by atoms with van der Waals surface area (Å²) in [5, 5.41) is 7.03. The minimum atomic E-state index is -0.140. The van der Waals surface area contributed by atoms with Crippen molar-refractivity contribution in [1.29, 1.82) is 0 Å². The van der Waals surface area contributed by atoms with Gasteiger partial charge in [-0.05, 0) is 24.1 Å². The second-order valence-electron chi connectivity index (χ2n) is 4.62. The van der Waals surface area contributed by atoms with Gasteiger partial charge in [0.15, 0.2) is 5.82 Å². The maximum atomic E-state index is 11.2. The van der Waals surface area contributed by atoms with Crippen LogP contribution in [0.15, 0.2) is 47.4 Å². The van der Waals surface area contributed by atoms with E-state index in [-0.39, 0.29) is 5.56 Å². The first-order valence-corrected chi connectivity index (χ1v) is 6.26. The molecule has 0 saturated heterocycles. The fraction of sp³-hybridized carbons (Fsp3) is 0.0667. The number of rotatable bonds is 2. The molecule has 0 unspecified atom stereocenters. The van der Waals surface area contributed by atoms with E-state index in [1.807, 2.05) is 31.2 Å². The van der Waals surface area contributed by atoms with Crippen LogP contribution in [-0.4, -0.2) is 15.2 Å². The number of H-pyrrole nitrogens is 2. The zero-order valence-corrected chi connectivity index (χ0v) is 11.0. The average molecular weight is 266 g/mol. The lowest BCUT2D eigenvalue weighted by Gasteiger charge is -2.07. The lowest BCUT2D eigenvalue weighted by Crippen LogP contribution is -2.01. The second kappa shape index (κ2) is 4.70. The number of nitrogens with one attached hydrogen (secondary N) is 2. The van der Waals surface area contributed by atoms with Gasteiger partial charge in [-0.25, -0.2) is 0 Å². The SMILES string of the molecule is Cc1ccccc1-c1c(N)n[nH]c1-c1ccc(=O)[nH]c1. The van der Waals surface area contributed by atoms with Crippen LogP contribution in [0.1, 0.15) is 5.56 Å². The number of nitrogens with zero attached hydrogens (tertiary/aromatic N) is 1. The number of pyridine rings is 1. The number of hydrogen-bond acceptors (Lipinski definition) is 3. The Balaban J connectivity index is 2.23. The topological polar surface area (TPSA) is 87.6 Å². The summed E-state index contributed by atoms with van der Waals surface area (Å²) >= 11 is 0. The summed E-state index contributed by atoms with van der Waals surface area (Å²) < 4.78 is 0. The first-order valence-electron chi connectivity index (χ1n) is 6.26. The molecule has 0 aliphatic heterocycles. The van der Waals surface area contributed by atoms with E-state index in [0.717, 1.165) is 27.9 Å². The predicted octanol–water partition coefficient (Wildman–Crippen LogP) is 2.32. The number of nitrogen functional groups attached to an aromatic ring is 1. The van der Waals surface area contributed by atoms with E-state index in [4.69, 9.17) is 5.73 Å². The Morgan fingerprint density at radius 1 is 1.15 bits per heavy atom. The third-order valence-electron chi connectivity index (χ3n) is 3.28. The van der Waals surface area contributed by atoms with Crippen molar-refractivity contribution in [3.63, 3.8) is 0 Å².